The van der Waals surface area contributed by atoms with Crippen molar-refractivity contribution < 1.29 is 13.5 Å². The Balaban J connectivity index is 2.60. The van der Waals surface area contributed by atoms with Gasteiger partial charge >= 0.3 is 0 Å². The van der Waals surface area contributed by atoms with E-state index >= 15 is 0 Å². The molecule has 6 nitrogen and oxygen atoms in total. The normalized spacial score (nSPS) is 14.1. The molecule has 0 bridgehead atoms. The van der Waals surface area contributed by atoms with Gasteiger partial charge in [-0.2, -0.15) is 5.10 Å². The Bertz CT molecular complexity index is 360. The lowest BCUT2D eigenvalue weighted by Crippen LogP contribution is -2.31. The summed E-state index contributed by atoms with van der Waals surface area (Å²) < 4.78 is 25.1. The molecule has 0 saturated carbocycles. The predicted octanol–water partition coefficient (Wildman–Crippen LogP) is -0.541. The maximum Gasteiger partial charge on any atom is 0.243 e. The highest BCUT2D eigenvalue weighted by atomic mass is 32.2. The lowest BCUT2D eigenvalue weighted by molar-refractivity contribution is 0.174. The van der Waals surface area contributed by atoms with E-state index in [1.807, 2.05) is 0 Å². The van der Waals surface area contributed by atoms with Crippen molar-refractivity contribution in [2.24, 2.45) is 0 Å². The van der Waals surface area contributed by atoms with E-state index in [9.17, 15) is 8.42 Å². The molecule has 1 aromatic rings. The number of nitrogens with zero attached hydrogens (tertiary/aromatic N) is 1. The Morgan fingerprint density at radius 3 is 2.93 bits per heavy atom. The molecule has 0 saturated heterocycles. The number of sulfonamides is 1. The number of aliphatic hydroxyl groups excluding tert-OH is 1. The van der Waals surface area contributed by atoms with Crippen LogP contribution in [0.3, 0.4) is 0 Å². The fourth-order valence-electron chi connectivity index (χ4n) is 0.820. The third-order valence-electron chi connectivity index (χ3n) is 1.76. The Kier molecular flexibility index (Phi) is 3.62. The number of hydrogen-bond donors (Lipinski definition) is 3. The van der Waals surface area contributed by atoms with Crippen LogP contribution in [0.5, 0.6) is 0 Å². The number of rotatable bonds is 5. The van der Waals surface area contributed by atoms with Crippen molar-refractivity contribution in [1.82, 2.24) is 14.9 Å². The Hall–Kier alpha value is -0.920. The van der Waals surface area contributed by atoms with E-state index in [4.69, 9.17) is 5.11 Å². The second kappa shape index (κ2) is 4.54. The molecular weight excluding hydrogens is 206 g/mol. The lowest BCUT2D eigenvalue weighted by Gasteiger charge is -2.08. The van der Waals surface area contributed by atoms with Crippen LogP contribution < -0.4 is 4.72 Å². The van der Waals surface area contributed by atoms with E-state index in [-0.39, 0.29) is 11.4 Å². The van der Waals surface area contributed by atoms with Gasteiger partial charge in [-0.05, 0) is 6.42 Å². The van der Waals surface area contributed by atoms with Gasteiger partial charge in [-0.3, -0.25) is 5.10 Å². The molecular formula is C7H13N3O3S. The standard InChI is InChI=1S/C7H13N3O3S/c1-2-6(11)3-10-14(12,13)7-4-8-9-5-7/h4-6,10-11H,2-3H2,1H3,(H,8,9). The van der Waals surface area contributed by atoms with Crippen molar-refractivity contribution in [3.05, 3.63) is 12.4 Å². The first-order valence-electron chi connectivity index (χ1n) is 4.22. The SMILES string of the molecule is CCC(O)CNS(=O)(=O)c1cn[nH]c1. The molecule has 0 spiro atoms. The van der Waals surface area contributed by atoms with Gasteiger partial charge in [-0.1, -0.05) is 6.92 Å². The molecule has 1 atom stereocenters. The summed E-state index contributed by atoms with van der Waals surface area (Å²) in [6.07, 6.45) is 2.34. The predicted molar refractivity (Wildman–Crippen MR) is 50.1 cm³/mol. The number of aromatic amines is 1. The second-order valence-corrected chi connectivity index (χ2v) is 4.61. The highest BCUT2D eigenvalue weighted by Crippen LogP contribution is 2.04. The smallest absolute Gasteiger partial charge is 0.243 e. The van der Waals surface area contributed by atoms with E-state index in [1.165, 1.54) is 12.4 Å². The van der Waals surface area contributed by atoms with Gasteiger partial charge in [0.25, 0.3) is 0 Å². The fourth-order valence-corrected chi connectivity index (χ4v) is 1.80. The first-order chi connectivity index (χ1) is 6.56. The van der Waals surface area contributed by atoms with Gasteiger partial charge in [-0.25, -0.2) is 13.1 Å². The Morgan fingerprint density at radius 1 is 1.71 bits per heavy atom. The largest absolute Gasteiger partial charge is 0.392 e. The van der Waals surface area contributed by atoms with Crippen molar-refractivity contribution >= 4 is 10.0 Å². The summed E-state index contributed by atoms with van der Waals surface area (Å²) in [6, 6.07) is 0. The average molecular weight is 219 g/mol. The zero-order valence-electron chi connectivity index (χ0n) is 7.77. The van der Waals surface area contributed by atoms with Crippen molar-refractivity contribution in [3.8, 4) is 0 Å². The monoisotopic (exact) mass is 219 g/mol. The fraction of sp³-hybridized carbons (Fsp3) is 0.571. The van der Waals surface area contributed by atoms with Crippen LogP contribution in [0.1, 0.15) is 13.3 Å². The minimum Gasteiger partial charge on any atom is -0.392 e. The van der Waals surface area contributed by atoms with Gasteiger partial charge < -0.3 is 5.11 Å². The molecule has 0 aliphatic carbocycles. The van der Waals surface area contributed by atoms with Crippen LogP contribution in [-0.2, 0) is 10.0 Å². The molecule has 1 aromatic heterocycles. The van der Waals surface area contributed by atoms with Crippen LogP contribution in [0.4, 0.5) is 0 Å². The molecule has 0 aliphatic heterocycles. The molecule has 0 radical (unpaired) electrons. The average Bonchev–Trinajstić information content (AvgIpc) is 2.67. The number of H-pyrrole nitrogens is 1. The second-order valence-electron chi connectivity index (χ2n) is 2.85. The van der Waals surface area contributed by atoms with E-state index in [0.29, 0.717) is 6.42 Å². The summed E-state index contributed by atoms with van der Waals surface area (Å²) in [7, 11) is -3.53. The molecule has 80 valence electrons. The first kappa shape index (κ1) is 11.2. The maximum atomic E-state index is 11.4. The van der Waals surface area contributed by atoms with Crippen LogP contribution >= 0.6 is 0 Å². The van der Waals surface area contributed by atoms with Crippen molar-refractivity contribution in [3.63, 3.8) is 0 Å². The van der Waals surface area contributed by atoms with E-state index < -0.39 is 16.1 Å². The van der Waals surface area contributed by atoms with Crippen molar-refractivity contribution in [1.29, 1.82) is 0 Å². The third kappa shape index (κ3) is 2.79. The quantitative estimate of drug-likeness (QED) is 0.619. The number of aliphatic hydroxyl groups is 1. The summed E-state index contributed by atoms with van der Waals surface area (Å²) in [6.45, 7) is 1.79. The summed E-state index contributed by atoms with van der Waals surface area (Å²) in [5, 5.41) is 15.1. The summed E-state index contributed by atoms with van der Waals surface area (Å²) >= 11 is 0. The number of hydrogen-bond acceptors (Lipinski definition) is 4. The molecule has 0 aromatic carbocycles. The van der Waals surface area contributed by atoms with E-state index in [2.05, 4.69) is 14.9 Å². The lowest BCUT2D eigenvalue weighted by atomic mass is 10.3. The summed E-state index contributed by atoms with van der Waals surface area (Å²) in [5.74, 6) is 0. The van der Waals surface area contributed by atoms with Crippen LogP contribution in [-0.4, -0.2) is 36.4 Å². The molecule has 14 heavy (non-hydrogen) atoms. The topological polar surface area (TPSA) is 95.1 Å². The maximum absolute atomic E-state index is 11.4. The summed E-state index contributed by atoms with van der Waals surface area (Å²) in [4.78, 5) is 0.0702. The molecule has 1 unspecified atom stereocenters. The zero-order valence-corrected chi connectivity index (χ0v) is 8.58. The molecule has 0 aliphatic rings. The zero-order chi connectivity index (χ0) is 10.6. The van der Waals surface area contributed by atoms with Gasteiger partial charge in [0, 0.05) is 12.7 Å². The van der Waals surface area contributed by atoms with Gasteiger partial charge in [0.1, 0.15) is 4.90 Å². The Morgan fingerprint density at radius 2 is 2.43 bits per heavy atom. The first-order valence-corrected chi connectivity index (χ1v) is 5.71. The molecule has 0 fully saturated rings. The minimum absolute atomic E-state index is 0.0179. The van der Waals surface area contributed by atoms with Gasteiger partial charge in [-0.15, -0.1) is 0 Å². The van der Waals surface area contributed by atoms with Gasteiger partial charge in [0.15, 0.2) is 0 Å². The van der Waals surface area contributed by atoms with Gasteiger partial charge in [0.2, 0.25) is 10.0 Å². The van der Waals surface area contributed by atoms with Crippen LogP contribution in [0, 0.1) is 0 Å². The third-order valence-corrected chi connectivity index (χ3v) is 3.15. The van der Waals surface area contributed by atoms with Crippen LogP contribution in [0.2, 0.25) is 0 Å². The highest BCUT2D eigenvalue weighted by molar-refractivity contribution is 7.89. The van der Waals surface area contributed by atoms with E-state index in [0.717, 1.165) is 0 Å². The van der Waals surface area contributed by atoms with Crippen molar-refractivity contribution in [2.45, 2.75) is 24.3 Å². The minimum atomic E-state index is -3.53. The van der Waals surface area contributed by atoms with Crippen LogP contribution in [0.15, 0.2) is 17.3 Å². The number of nitrogens with one attached hydrogen (secondary N) is 2. The summed E-state index contributed by atoms with van der Waals surface area (Å²) in [5.41, 5.74) is 0. The van der Waals surface area contributed by atoms with Crippen LogP contribution in [0.25, 0.3) is 0 Å². The molecule has 1 rings (SSSR count). The molecule has 3 N–H and O–H groups in total. The Labute approximate surface area is 82.4 Å². The van der Waals surface area contributed by atoms with Gasteiger partial charge in [0.05, 0.1) is 12.3 Å². The highest BCUT2D eigenvalue weighted by Gasteiger charge is 2.15. The molecule has 1 heterocycles. The molecule has 0 amide bonds. The number of aromatic nitrogens is 2. The molecule has 7 heteroatoms. The van der Waals surface area contributed by atoms with E-state index in [1.54, 1.807) is 6.92 Å². The van der Waals surface area contributed by atoms with Crippen molar-refractivity contribution in [2.75, 3.05) is 6.54 Å².